The van der Waals surface area contributed by atoms with Crippen LogP contribution in [0.5, 0.6) is 5.75 Å². The molecule has 0 aromatic heterocycles. The lowest BCUT2D eigenvalue weighted by Crippen LogP contribution is -2.41. The minimum atomic E-state index is -0.422. The van der Waals surface area contributed by atoms with Crippen LogP contribution in [0.4, 0.5) is 10.1 Å². The van der Waals surface area contributed by atoms with Crippen LogP contribution >= 0.6 is 0 Å². The van der Waals surface area contributed by atoms with Crippen molar-refractivity contribution >= 4 is 17.4 Å². The minimum absolute atomic E-state index is 0.0230. The number of nitrogens with one attached hydrogen (secondary N) is 1. The molecule has 0 heterocycles. The van der Waals surface area contributed by atoms with E-state index in [2.05, 4.69) is 5.32 Å². The van der Waals surface area contributed by atoms with Gasteiger partial charge in [-0.1, -0.05) is 13.0 Å². The molecule has 6 heteroatoms. The summed E-state index contributed by atoms with van der Waals surface area (Å²) in [5, 5.41) is 2.85. The molecule has 1 amide bonds. The number of hydrogen-bond acceptors (Lipinski definition) is 4. The lowest BCUT2D eigenvalue weighted by atomic mass is 10.1. The maximum Gasteiger partial charge on any atom is 0.241 e. The zero-order chi connectivity index (χ0) is 20.0. The van der Waals surface area contributed by atoms with Gasteiger partial charge in [0.2, 0.25) is 5.91 Å². The Morgan fingerprint density at radius 1 is 1.19 bits per heavy atom. The van der Waals surface area contributed by atoms with E-state index in [9.17, 15) is 14.0 Å². The number of halogens is 1. The van der Waals surface area contributed by atoms with E-state index in [-0.39, 0.29) is 17.4 Å². The Kier molecular flexibility index (Phi) is 7.07. The van der Waals surface area contributed by atoms with Gasteiger partial charge < -0.3 is 10.1 Å². The molecular weight excluding hydrogens is 347 g/mol. The molecule has 0 bridgehead atoms. The average molecular weight is 372 g/mol. The van der Waals surface area contributed by atoms with Crippen molar-refractivity contribution in [2.45, 2.75) is 33.4 Å². The van der Waals surface area contributed by atoms with Crippen molar-refractivity contribution in [3.05, 3.63) is 59.4 Å². The van der Waals surface area contributed by atoms with Gasteiger partial charge in [0.05, 0.1) is 13.2 Å². The number of rotatable bonds is 8. The van der Waals surface area contributed by atoms with Crippen molar-refractivity contribution in [2.24, 2.45) is 0 Å². The lowest BCUT2D eigenvalue weighted by Gasteiger charge is -2.27. The smallest absolute Gasteiger partial charge is 0.241 e. The number of nitrogens with zero attached hydrogens (tertiary/aromatic N) is 1. The third-order valence-corrected chi connectivity index (χ3v) is 4.49. The summed E-state index contributed by atoms with van der Waals surface area (Å²) in [7, 11) is 1.42. The molecule has 0 unspecified atom stereocenters. The van der Waals surface area contributed by atoms with Crippen LogP contribution in [0.3, 0.4) is 0 Å². The number of hydrogen-bond donors (Lipinski definition) is 1. The summed E-state index contributed by atoms with van der Waals surface area (Å²) in [6.45, 7) is 6.32. The summed E-state index contributed by atoms with van der Waals surface area (Å²) in [5.41, 5.74) is 1.99. The first-order chi connectivity index (χ1) is 12.8. The maximum absolute atomic E-state index is 13.9. The molecule has 0 aliphatic carbocycles. The summed E-state index contributed by atoms with van der Waals surface area (Å²) < 4.78 is 18.8. The number of Topliss-reactive ketones (excluding diaryl/α,β-unsaturated/α-hetero) is 1. The van der Waals surface area contributed by atoms with Crippen molar-refractivity contribution in [1.29, 1.82) is 0 Å². The molecule has 1 atom stereocenters. The first-order valence-corrected chi connectivity index (χ1v) is 8.84. The van der Waals surface area contributed by atoms with Gasteiger partial charge in [0.15, 0.2) is 17.3 Å². The highest BCUT2D eigenvalue weighted by molar-refractivity contribution is 5.96. The molecule has 1 N–H and O–H groups in total. The fourth-order valence-corrected chi connectivity index (χ4v) is 2.77. The van der Waals surface area contributed by atoms with Crippen LogP contribution in [0, 0.1) is 5.82 Å². The Balaban J connectivity index is 2.04. The molecule has 0 aliphatic heterocycles. The number of anilines is 1. The standard InChI is InChI=1S/C21H25FN2O3/c1-5-24(13-16-6-11-20(27-4)19(22)12-16)14(2)21(26)23-18-9-7-17(8-10-18)15(3)25/h6-12,14H,5,13H2,1-4H3,(H,23,26)/t14-/m0/s1. The molecule has 27 heavy (non-hydrogen) atoms. The predicted octanol–water partition coefficient (Wildman–Crippen LogP) is 3.89. The van der Waals surface area contributed by atoms with Gasteiger partial charge in [-0.05, 0) is 62.4 Å². The molecule has 2 aromatic carbocycles. The molecule has 0 saturated carbocycles. The van der Waals surface area contributed by atoms with Crippen molar-refractivity contribution in [1.82, 2.24) is 4.90 Å². The Hall–Kier alpha value is -2.73. The highest BCUT2D eigenvalue weighted by atomic mass is 19.1. The summed E-state index contributed by atoms with van der Waals surface area (Å²) >= 11 is 0. The van der Waals surface area contributed by atoms with Gasteiger partial charge in [-0.15, -0.1) is 0 Å². The Bertz CT molecular complexity index is 806. The van der Waals surface area contributed by atoms with Crippen LogP contribution in [0.1, 0.15) is 36.7 Å². The fraction of sp³-hybridized carbons (Fsp3) is 0.333. The molecule has 2 rings (SSSR count). The summed E-state index contributed by atoms with van der Waals surface area (Å²) in [4.78, 5) is 25.8. The van der Waals surface area contributed by atoms with Gasteiger partial charge in [0.1, 0.15) is 0 Å². The van der Waals surface area contributed by atoms with Crippen molar-refractivity contribution in [3.8, 4) is 5.75 Å². The first kappa shape index (κ1) is 20.6. The van der Waals surface area contributed by atoms with Crippen LogP contribution in [-0.2, 0) is 11.3 Å². The Morgan fingerprint density at radius 2 is 1.85 bits per heavy atom. The minimum Gasteiger partial charge on any atom is -0.494 e. The first-order valence-electron chi connectivity index (χ1n) is 8.84. The van der Waals surface area contributed by atoms with E-state index < -0.39 is 11.9 Å². The van der Waals surface area contributed by atoms with Gasteiger partial charge in [-0.3, -0.25) is 14.5 Å². The Morgan fingerprint density at radius 3 is 2.37 bits per heavy atom. The molecule has 0 fully saturated rings. The van der Waals surface area contributed by atoms with Gasteiger partial charge in [0, 0.05) is 17.8 Å². The zero-order valence-corrected chi connectivity index (χ0v) is 16.1. The highest BCUT2D eigenvalue weighted by Crippen LogP contribution is 2.19. The Labute approximate surface area is 159 Å². The fourth-order valence-electron chi connectivity index (χ4n) is 2.77. The lowest BCUT2D eigenvalue weighted by molar-refractivity contribution is -0.120. The van der Waals surface area contributed by atoms with E-state index in [4.69, 9.17) is 4.74 Å². The molecule has 0 aliphatic rings. The third-order valence-electron chi connectivity index (χ3n) is 4.49. The molecule has 0 spiro atoms. The van der Waals surface area contributed by atoms with Gasteiger partial charge in [-0.25, -0.2) is 4.39 Å². The summed E-state index contributed by atoms with van der Waals surface area (Å²) in [6, 6.07) is 11.2. The number of carbonyl (C=O) groups excluding carboxylic acids is 2. The van der Waals surface area contributed by atoms with Crippen molar-refractivity contribution in [3.63, 3.8) is 0 Å². The van der Waals surface area contributed by atoms with E-state index in [0.29, 0.717) is 24.3 Å². The van der Waals surface area contributed by atoms with Crippen molar-refractivity contribution < 1.29 is 18.7 Å². The third kappa shape index (κ3) is 5.37. The molecule has 0 radical (unpaired) electrons. The van der Waals surface area contributed by atoms with Crippen LogP contribution in [0.15, 0.2) is 42.5 Å². The molecule has 0 saturated heterocycles. The number of carbonyl (C=O) groups is 2. The second kappa shape index (κ2) is 9.28. The van der Waals surface area contributed by atoms with Crippen LogP contribution in [0.2, 0.25) is 0 Å². The molecule has 2 aromatic rings. The molecule has 144 valence electrons. The highest BCUT2D eigenvalue weighted by Gasteiger charge is 2.21. The quantitative estimate of drug-likeness (QED) is 0.715. The second-order valence-electron chi connectivity index (χ2n) is 6.33. The van der Waals surface area contributed by atoms with Crippen LogP contribution < -0.4 is 10.1 Å². The van der Waals surface area contributed by atoms with E-state index in [1.54, 1.807) is 36.4 Å². The number of ketones is 1. The number of methoxy groups -OCH3 is 1. The zero-order valence-electron chi connectivity index (χ0n) is 16.1. The van der Waals surface area contributed by atoms with Gasteiger partial charge >= 0.3 is 0 Å². The summed E-state index contributed by atoms with van der Waals surface area (Å²) in [5.74, 6) is -0.415. The number of ether oxygens (including phenoxy) is 1. The average Bonchev–Trinajstić information content (AvgIpc) is 2.66. The van der Waals surface area contributed by atoms with E-state index >= 15 is 0 Å². The second-order valence-corrected chi connectivity index (χ2v) is 6.33. The van der Waals surface area contributed by atoms with E-state index in [1.165, 1.54) is 20.1 Å². The van der Waals surface area contributed by atoms with E-state index in [0.717, 1.165) is 5.56 Å². The normalized spacial score (nSPS) is 11.9. The van der Waals surface area contributed by atoms with Crippen molar-refractivity contribution in [2.75, 3.05) is 19.0 Å². The molecule has 5 nitrogen and oxygen atoms in total. The number of amides is 1. The largest absolute Gasteiger partial charge is 0.494 e. The SMILES string of the molecule is CCN(Cc1ccc(OC)c(F)c1)[C@@H](C)C(=O)Nc1ccc(C(C)=O)cc1. The topological polar surface area (TPSA) is 58.6 Å². The maximum atomic E-state index is 13.9. The molecular formula is C21H25FN2O3. The van der Waals surface area contributed by atoms with Gasteiger partial charge in [0.25, 0.3) is 0 Å². The van der Waals surface area contributed by atoms with Crippen LogP contribution in [0.25, 0.3) is 0 Å². The predicted molar refractivity (Wildman–Crippen MR) is 104 cm³/mol. The van der Waals surface area contributed by atoms with Crippen LogP contribution in [-0.4, -0.2) is 36.3 Å². The van der Waals surface area contributed by atoms with Gasteiger partial charge in [-0.2, -0.15) is 0 Å². The number of benzene rings is 2. The number of likely N-dealkylation sites (N-methyl/N-ethyl adjacent to an activating group) is 1. The monoisotopic (exact) mass is 372 g/mol. The van der Waals surface area contributed by atoms with E-state index in [1.807, 2.05) is 18.7 Å². The summed E-state index contributed by atoms with van der Waals surface area (Å²) in [6.07, 6.45) is 0.